The van der Waals surface area contributed by atoms with E-state index in [2.05, 4.69) is 29.6 Å². The number of esters is 1. The minimum atomic E-state index is -1.46. The molecule has 0 saturated carbocycles. The number of hydrogen-bond donors (Lipinski definition) is 1. The highest BCUT2D eigenvalue weighted by atomic mass is 31.2. The topological polar surface area (TPSA) is 64.6 Å². The highest BCUT2D eigenvalue weighted by Crippen LogP contribution is 2.64. The third-order valence-electron chi connectivity index (χ3n) is 5.69. The SMILES string of the molecule is CCOC(=O)c1cccc(OCC)c1NC(=O)C[P+]1(Cc2ccccc2)CCCCC1. The fraction of sp³-hybridized carbons (Fsp3) is 0.440. The molecule has 1 amide bonds. The Bertz CT molecular complexity index is 878. The van der Waals surface area contributed by atoms with E-state index in [0.29, 0.717) is 29.8 Å². The molecule has 1 saturated heterocycles. The summed E-state index contributed by atoms with van der Waals surface area (Å²) >= 11 is 0. The molecule has 0 aliphatic carbocycles. The molecule has 2 aromatic rings. The third-order valence-corrected chi connectivity index (χ3v) is 10.2. The number of benzene rings is 2. The van der Waals surface area contributed by atoms with E-state index in [1.165, 1.54) is 24.8 Å². The van der Waals surface area contributed by atoms with Gasteiger partial charge in [0, 0.05) is 7.26 Å². The van der Waals surface area contributed by atoms with Gasteiger partial charge in [0.25, 0.3) is 5.91 Å². The minimum absolute atomic E-state index is 0.0381. The zero-order valence-corrected chi connectivity index (χ0v) is 19.5. The van der Waals surface area contributed by atoms with Gasteiger partial charge in [-0.1, -0.05) is 36.4 Å². The van der Waals surface area contributed by atoms with Gasteiger partial charge < -0.3 is 14.8 Å². The van der Waals surface area contributed by atoms with E-state index in [1.54, 1.807) is 25.1 Å². The van der Waals surface area contributed by atoms with Crippen molar-refractivity contribution in [3.63, 3.8) is 0 Å². The first-order chi connectivity index (χ1) is 15.1. The van der Waals surface area contributed by atoms with Gasteiger partial charge in [-0.25, -0.2) is 4.79 Å². The largest absolute Gasteiger partial charge is 0.492 e. The molecule has 0 unspecified atom stereocenters. The summed E-state index contributed by atoms with van der Waals surface area (Å²) in [4.78, 5) is 25.7. The summed E-state index contributed by atoms with van der Waals surface area (Å²) in [6.07, 6.45) is 7.46. The van der Waals surface area contributed by atoms with Crippen molar-refractivity contribution in [3.05, 3.63) is 59.7 Å². The molecule has 0 bridgehead atoms. The average Bonchev–Trinajstić information content (AvgIpc) is 2.76. The lowest BCUT2D eigenvalue weighted by atomic mass is 10.1. The predicted molar refractivity (Wildman–Crippen MR) is 128 cm³/mol. The Labute approximate surface area is 185 Å². The van der Waals surface area contributed by atoms with E-state index in [4.69, 9.17) is 9.47 Å². The summed E-state index contributed by atoms with van der Waals surface area (Å²) < 4.78 is 10.9. The van der Waals surface area contributed by atoms with Crippen LogP contribution in [0, 0.1) is 0 Å². The second-order valence-electron chi connectivity index (χ2n) is 8.03. The van der Waals surface area contributed by atoms with E-state index in [-0.39, 0.29) is 12.5 Å². The van der Waals surface area contributed by atoms with Crippen molar-refractivity contribution in [2.45, 2.75) is 39.3 Å². The van der Waals surface area contributed by atoms with Crippen molar-refractivity contribution < 1.29 is 19.1 Å². The maximum Gasteiger partial charge on any atom is 0.340 e. The van der Waals surface area contributed by atoms with Crippen LogP contribution in [0.3, 0.4) is 0 Å². The van der Waals surface area contributed by atoms with Crippen LogP contribution in [0.15, 0.2) is 48.5 Å². The summed E-state index contributed by atoms with van der Waals surface area (Å²) in [5.41, 5.74) is 2.07. The van der Waals surface area contributed by atoms with Crippen molar-refractivity contribution in [2.24, 2.45) is 0 Å². The van der Waals surface area contributed by atoms with Crippen molar-refractivity contribution in [1.29, 1.82) is 0 Å². The smallest absolute Gasteiger partial charge is 0.340 e. The Balaban J connectivity index is 1.83. The fourth-order valence-electron chi connectivity index (χ4n) is 4.32. The Morgan fingerprint density at radius 1 is 0.935 bits per heavy atom. The molecule has 0 aromatic heterocycles. The summed E-state index contributed by atoms with van der Waals surface area (Å²) in [6, 6.07) is 15.7. The summed E-state index contributed by atoms with van der Waals surface area (Å²) in [5.74, 6) is 0.00942. The van der Waals surface area contributed by atoms with Crippen LogP contribution in [0.4, 0.5) is 5.69 Å². The molecule has 1 aliphatic heterocycles. The number of anilines is 1. The van der Waals surface area contributed by atoms with Gasteiger partial charge in [0.15, 0.2) is 0 Å². The molecule has 31 heavy (non-hydrogen) atoms. The average molecular weight is 443 g/mol. The first kappa shape index (κ1) is 23.3. The molecule has 1 heterocycles. The highest BCUT2D eigenvalue weighted by molar-refractivity contribution is 7.76. The molecule has 2 aromatic carbocycles. The lowest BCUT2D eigenvalue weighted by Gasteiger charge is -2.31. The molecule has 5 nitrogen and oxygen atoms in total. The second-order valence-corrected chi connectivity index (χ2v) is 12.2. The van der Waals surface area contributed by atoms with Gasteiger partial charge in [0.2, 0.25) is 0 Å². The Morgan fingerprint density at radius 3 is 2.35 bits per heavy atom. The van der Waals surface area contributed by atoms with Crippen molar-refractivity contribution in [2.75, 3.05) is 37.0 Å². The van der Waals surface area contributed by atoms with Gasteiger partial charge in [0.1, 0.15) is 11.9 Å². The monoisotopic (exact) mass is 442 g/mol. The molecule has 166 valence electrons. The van der Waals surface area contributed by atoms with Gasteiger partial charge in [0.05, 0.1) is 43.0 Å². The van der Waals surface area contributed by atoms with E-state index >= 15 is 0 Å². The van der Waals surface area contributed by atoms with Crippen LogP contribution in [0.5, 0.6) is 5.75 Å². The van der Waals surface area contributed by atoms with Crippen LogP contribution in [0.25, 0.3) is 0 Å². The number of para-hydroxylation sites is 1. The van der Waals surface area contributed by atoms with Crippen LogP contribution in [-0.2, 0) is 15.7 Å². The fourth-order valence-corrected chi connectivity index (χ4v) is 8.75. The molecule has 6 heteroatoms. The molecule has 1 fully saturated rings. The van der Waals surface area contributed by atoms with Crippen LogP contribution < -0.4 is 10.1 Å². The Hall–Kier alpha value is -2.39. The van der Waals surface area contributed by atoms with Crippen LogP contribution in [-0.4, -0.2) is 43.6 Å². The van der Waals surface area contributed by atoms with Crippen LogP contribution in [0.2, 0.25) is 0 Å². The van der Waals surface area contributed by atoms with E-state index in [0.717, 1.165) is 18.5 Å². The molecule has 0 radical (unpaired) electrons. The zero-order valence-electron chi connectivity index (χ0n) is 18.6. The number of nitrogens with one attached hydrogen (secondary N) is 1. The van der Waals surface area contributed by atoms with Crippen molar-refractivity contribution >= 4 is 24.8 Å². The van der Waals surface area contributed by atoms with E-state index < -0.39 is 13.2 Å². The molecular formula is C25H33NO4P+. The molecule has 0 spiro atoms. The van der Waals surface area contributed by atoms with Crippen molar-refractivity contribution in [1.82, 2.24) is 0 Å². The molecular weight excluding hydrogens is 409 g/mol. The maximum absolute atomic E-state index is 13.3. The first-order valence-electron chi connectivity index (χ1n) is 11.2. The predicted octanol–water partition coefficient (Wildman–Crippen LogP) is 5.60. The Morgan fingerprint density at radius 2 is 1.68 bits per heavy atom. The molecule has 1 N–H and O–H groups in total. The Kier molecular flexibility index (Phi) is 8.48. The summed E-state index contributed by atoms with van der Waals surface area (Å²) in [6.45, 7) is 4.37. The molecule has 3 rings (SSSR count). The number of rotatable bonds is 9. The lowest BCUT2D eigenvalue weighted by molar-refractivity contribution is -0.113. The summed E-state index contributed by atoms with van der Waals surface area (Å²) in [5, 5.41) is 3.02. The van der Waals surface area contributed by atoms with Gasteiger partial charge in [-0.3, -0.25) is 4.79 Å². The number of amides is 1. The number of carbonyl (C=O) groups is 2. The minimum Gasteiger partial charge on any atom is -0.492 e. The third kappa shape index (κ3) is 6.30. The van der Waals surface area contributed by atoms with Gasteiger partial charge in [-0.2, -0.15) is 0 Å². The van der Waals surface area contributed by atoms with E-state index in [1.807, 2.05) is 13.0 Å². The van der Waals surface area contributed by atoms with Crippen LogP contribution in [0.1, 0.15) is 49.0 Å². The highest BCUT2D eigenvalue weighted by Gasteiger charge is 2.41. The second kappa shape index (κ2) is 11.3. The zero-order chi connectivity index (χ0) is 22.1. The molecule has 0 atom stereocenters. The number of hydrogen-bond acceptors (Lipinski definition) is 4. The maximum atomic E-state index is 13.3. The van der Waals surface area contributed by atoms with Crippen LogP contribution >= 0.6 is 7.26 Å². The number of carbonyl (C=O) groups excluding carboxylic acids is 2. The van der Waals surface area contributed by atoms with Gasteiger partial charge in [-0.15, -0.1) is 0 Å². The standard InChI is InChI=1S/C25H32NO4P/c1-3-29-22-15-11-14-21(25(28)30-4-2)24(22)26-23(27)19-31(16-9-6-10-17-31)18-20-12-7-5-8-13-20/h5,7-8,11-15H,3-4,6,9-10,16-19H2,1-2H3/p+1. The van der Waals surface area contributed by atoms with Gasteiger partial charge >= 0.3 is 5.97 Å². The quantitative estimate of drug-likeness (QED) is 0.405. The summed E-state index contributed by atoms with van der Waals surface area (Å²) in [7, 11) is -1.46. The van der Waals surface area contributed by atoms with E-state index in [9.17, 15) is 9.59 Å². The molecule has 1 aliphatic rings. The first-order valence-corrected chi connectivity index (χ1v) is 13.7. The van der Waals surface area contributed by atoms with Crippen molar-refractivity contribution in [3.8, 4) is 5.75 Å². The number of ether oxygens (including phenoxy) is 2. The lowest BCUT2D eigenvalue weighted by Crippen LogP contribution is -2.26. The van der Waals surface area contributed by atoms with Gasteiger partial charge in [-0.05, 0) is 50.8 Å². The normalized spacial score (nSPS) is 15.2.